The Morgan fingerprint density at radius 1 is 0.903 bits per heavy atom. The first kappa shape index (κ1) is 27.0. The number of nitrogens with one attached hydrogen (secondary N) is 2. The van der Waals surface area contributed by atoms with Crippen molar-refractivity contribution in [2.24, 2.45) is 4.99 Å². The number of nitrogens with zero attached hydrogens (tertiary/aromatic N) is 1. The normalized spacial score (nSPS) is 11.8. The van der Waals surface area contributed by atoms with Gasteiger partial charge in [0.05, 0.1) is 12.7 Å². The van der Waals surface area contributed by atoms with E-state index in [2.05, 4.69) is 20.4 Å². The molecule has 2 aromatic carbocycles. The van der Waals surface area contributed by atoms with Crippen molar-refractivity contribution in [3.8, 4) is 5.75 Å². The molecule has 0 radical (unpaired) electrons. The van der Waals surface area contributed by atoms with Crippen LogP contribution in [0.2, 0.25) is 0 Å². The number of rotatable bonds is 9. The Kier molecular flexibility index (Phi) is 11.7. The van der Waals surface area contributed by atoms with E-state index in [1.807, 2.05) is 50.2 Å². The molecule has 0 aliphatic rings. The second-order valence-electron chi connectivity index (χ2n) is 7.01. The van der Waals surface area contributed by atoms with Crippen molar-refractivity contribution >= 4 is 29.9 Å². The van der Waals surface area contributed by atoms with Gasteiger partial charge in [-0.2, -0.15) is 13.2 Å². The molecule has 5 nitrogen and oxygen atoms in total. The molecule has 31 heavy (non-hydrogen) atoms. The van der Waals surface area contributed by atoms with Gasteiger partial charge in [-0.3, -0.25) is 4.99 Å². The van der Waals surface area contributed by atoms with E-state index >= 15 is 0 Å². The molecule has 0 heterocycles. The number of aliphatic imine (C=N–C) groups is 1. The SMILES string of the molecule is CN=C(NCc1ccc(COCC(F)(F)F)cc1)NCc1ccc(OC(C)C)cc1.I. The molecule has 2 rings (SSSR count). The molecule has 2 N–H and O–H groups in total. The van der Waals surface area contributed by atoms with Crippen LogP contribution in [-0.4, -0.2) is 31.9 Å². The number of hydrogen-bond donors (Lipinski definition) is 2. The molecule has 0 unspecified atom stereocenters. The molecule has 0 amide bonds. The second kappa shape index (κ2) is 13.4. The Hall–Kier alpha value is -2.01. The molecule has 0 saturated heterocycles. The molecule has 2 aromatic rings. The third-order valence-electron chi connectivity index (χ3n) is 4.00. The van der Waals surface area contributed by atoms with Crippen LogP contribution in [0.1, 0.15) is 30.5 Å². The van der Waals surface area contributed by atoms with Crippen molar-refractivity contribution in [2.45, 2.75) is 45.8 Å². The van der Waals surface area contributed by atoms with Crippen molar-refractivity contribution in [1.29, 1.82) is 0 Å². The fourth-order valence-corrected chi connectivity index (χ4v) is 2.59. The van der Waals surface area contributed by atoms with Crippen molar-refractivity contribution in [2.75, 3.05) is 13.7 Å². The lowest BCUT2D eigenvalue weighted by Crippen LogP contribution is -2.36. The minimum Gasteiger partial charge on any atom is -0.491 e. The Morgan fingerprint density at radius 2 is 1.39 bits per heavy atom. The molecule has 0 fully saturated rings. The lowest BCUT2D eigenvalue weighted by atomic mass is 10.1. The lowest BCUT2D eigenvalue weighted by molar-refractivity contribution is -0.176. The van der Waals surface area contributed by atoms with E-state index in [9.17, 15) is 13.2 Å². The van der Waals surface area contributed by atoms with Crippen LogP contribution < -0.4 is 15.4 Å². The molecule has 0 aliphatic carbocycles. The Balaban J connectivity index is 0.00000480. The monoisotopic (exact) mass is 551 g/mol. The lowest BCUT2D eigenvalue weighted by Gasteiger charge is -2.13. The summed E-state index contributed by atoms with van der Waals surface area (Å²) in [4.78, 5) is 4.20. The van der Waals surface area contributed by atoms with E-state index < -0.39 is 12.8 Å². The Morgan fingerprint density at radius 3 is 1.84 bits per heavy atom. The summed E-state index contributed by atoms with van der Waals surface area (Å²) in [6.07, 6.45) is -4.17. The summed E-state index contributed by atoms with van der Waals surface area (Å²) in [5.74, 6) is 1.48. The molecule has 0 bridgehead atoms. The molecule has 0 spiro atoms. The first-order chi connectivity index (χ1) is 14.2. The summed E-state index contributed by atoms with van der Waals surface area (Å²) in [5, 5.41) is 6.45. The summed E-state index contributed by atoms with van der Waals surface area (Å²) >= 11 is 0. The van der Waals surface area contributed by atoms with Gasteiger partial charge in [0.25, 0.3) is 0 Å². The predicted octanol–water partition coefficient (Wildman–Crippen LogP) is 5.04. The summed E-state index contributed by atoms with van der Waals surface area (Å²) < 4.78 is 46.6. The Bertz CT molecular complexity index is 795. The third-order valence-corrected chi connectivity index (χ3v) is 4.00. The quantitative estimate of drug-likeness (QED) is 0.261. The number of alkyl halides is 3. The average molecular weight is 551 g/mol. The van der Waals surface area contributed by atoms with Crippen LogP contribution in [0.25, 0.3) is 0 Å². The number of halogens is 4. The first-order valence-electron chi connectivity index (χ1n) is 9.67. The van der Waals surface area contributed by atoms with Crippen LogP contribution in [-0.2, 0) is 24.4 Å². The standard InChI is InChI=1S/C22H28F3N3O2.HI/c1-16(2)30-20-10-8-18(9-11-20)13-28-21(26-3)27-12-17-4-6-19(7-5-17)14-29-15-22(23,24)25;/h4-11,16H,12-15H2,1-3H3,(H2,26,27,28);1H. The number of guanidine groups is 1. The minimum atomic E-state index is -4.31. The smallest absolute Gasteiger partial charge is 0.411 e. The van der Waals surface area contributed by atoms with Gasteiger partial charge in [-0.25, -0.2) is 0 Å². The Labute approximate surface area is 198 Å². The van der Waals surface area contributed by atoms with Crippen molar-refractivity contribution in [1.82, 2.24) is 10.6 Å². The zero-order valence-corrected chi connectivity index (χ0v) is 20.2. The van der Waals surface area contributed by atoms with Gasteiger partial charge >= 0.3 is 6.18 Å². The topological polar surface area (TPSA) is 54.9 Å². The van der Waals surface area contributed by atoms with Gasteiger partial charge < -0.3 is 20.1 Å². The minimum absolute atomic E-state index is 0. The van der Waals surface area contributed by atoms with Gasteiger partial charge in [0, 0.05) is 20.1 Å². The summed E-state index contributed by atoms with van der Waals surface area (Å²) in [7, 11) is 1.69. The van der Waals surface area contributed by atoms with Gasteiger partial charge in [-0.1, -0.05) is 36.4 Å². The van der Waals surface area contributed by atoms with E-state index in [1.165, 1.54) is 0 Å². The van der Waals surface area contributed by atoms with Crippen LogP contribution in [0.5, 0.6) is 5.75 Å². The van der Waals surface area contributed by atoms with Crippen LogP contribution in [0.3, 0.4) is 0 Å². The fraction of sp³-hybridized carbons (Fsp3) is 0.409. The van der Waals surface area contributed by atoms with Gasteiger partial charge in [-0.15, -0.1) is 24.0 Å². The highest BCUT2D eigenvalue weighted by Gasteiger charge is 2.27. The molecule has 0 saturated carbocycles. The maximum atomic E-state index is 12.1. The van der Waals surface area contributed by atoms with Crippen molar-refractivity contribution in [3.63, 3.8) is 0 Å². The summed E-state index contributed by atoms with van der Waals surface area (Å²) in [5.41, 5.74) is 2.76. The van der Waals surface area contributed by atoms with E-state index in [1.54, 1.807) is 19.2 Å². The highest BCUT2D eigenvalue weighted by molar-refractivity contribution is 14.0. The number of ether oxygens (including phenoxy) is 2. The molecule has 9 heteroatoms. The van der Waals surface area contributed by atoms with Gasteiger partial charge in [0.15, 0.2) is 5.96 Å². The van der Waals surface area contributed by atoms with Crippen molar-refractivity contribution in [3.05, 3.63) is 65.2 Å². The fourth-order valence-electron chi connectivity index (χ4n) is 2.59. The van der Waals surface area contributed by atoms with E-state index in [0.717, 1.165) is 16.9 Å². The largest absolute Gasteiger partial charge is 0.491 e. The van der Waals surface area contributed by atoms with Crippen LogP contribution in [0.4, 0.5) is 13.2 Å². The number of hydrogen-bond acceptors (Lipinski definition) is 3. The molecular weight excluding hydrogens is 522 g/mol. The van der Waals surface area contributed by atoms with Crippen LogP contribution in [0, 0.1) is 0 Å². The molecule has 0 aliphatic heterocycles. The van der Waals surface area contributed by atoms with Crippen LogP contribution in [0.15, 0.2) is 53.5 Å². The predicted molar refractivity (Wildman–Crippen MR) is 127 cm³/mol. The highest BCUT2D eigenvalue weighted by Crippen LogP contribution is 2.16. The maximum absolute atomic E-state index is 12.1. The van der Waals surface area contributed by atoms with E-state index in [4.69, 9.17) is 4.74 Å². The van der Waals surface area contributed by atoms with Crippen molar-refractivity contribution < 1.29 is 22.6 Å². The van der Waals surface area contributed by atoms with Gasteiger partial charge in [0.2, 0.25) is 0 Å². The average Bonchev–Trinajstić information content (AvgIpc) is 2.69. The molecule has 0 atom stereocenters. The highest BCUT2D eigenvalue weighted by atomic mass is 127. The first-order valence-corrected chi connectivity index (χ1v) is 9.67. The van der Waals surface area contributed by atoms with E-state index in [-0.39, 0.29) is 36.7 Å². The summed E-state index contributed by atoms with van der Waals surface area (Å²) in [6, 6.07) is 15.1. The van der Waals surface area contributed by atoms with Gasteiger partial charge in [0.1, 0.15) is 12.4 Å². The summed E-state index contributed by atoms with van der Waals surface area (Å²) in [6.45, 7) is 3.80. The number of benzene rings is 2. The second-order valence-corrected chi connectivity index (χ2v) is 7.01. The van der Waals surface area contributed by atoms with Gasteiger partial charge in [-0.05, 0) is 42.7 Å². The third kappa shape index (κ3) is 11.3. The molecule has 172 valence electrons. The van der Waals surface area contributed by atoms with Crippen LogP contribution >= 0.6 is 24.0 Å². The zero-order chi connectivity index (χ0) is 22.0. The molecular formula is C22H29F3IN3O2. The zero-order valence-electron chi connectivity index (χ0n) is 17.8. The maximum Gasteiger partial charge on any atom is 0.411 e. The van der Waals surface area contributed by atoms with E-state index in [0.29, 0.717) is 24.6 Å². The molecule has 0 aromatic heterocycles.